The summed E-state index contributed by atoms with van der Waals surface area (Å²) in [7, 11) is 0. The van der Waals surface area contributed by atoms with E-state index in [4.69, 9.17) is 0 Å². The molecule has 1 aliphatic rings. The van der Waals surface area contributed by atoms with E-state index in [9.17, 15) is 9.90 Å². The van der Waals surface area contributed by atoms with Crippen LogP contribution in [0.2, 0.25) is 0 Å². The van der Waals surface area contributed by atoms with Gasteiger partial charge in [-0.2, -0.15) is 0 Å². The number of aliphatic carboxylic acids is 1. The molecule has 0 radical (unpaired) electrons. The molecule has 4 aromatic rings. The van der Waals surface area contributed by atoms with E-state index in [0.717, 1.165) is 38.6 Å². The first kappa shape index (κ1) is 14.3. The van der Waals surface area contributed by atoms with Crippen LogP contribution >= 0.6 is 0 Å². The average molecular weight is 331 g/mol. The lowest BCUT2D eigenvalue weighted by Crippen LogP contribution is -2.44. The molecule has 124 valence electrons. The first-order valence-electron chi connectivity index (χ1n) is 8.36. The highest BCUT2D eigenvalue weighted by molar-refractivity contribution is 5.89. The van der Waals surface area contributed by atoms with Crippen molar-refractivity contribution in [3.05, 3.63) is 71.5 Å². The lowest BCUT2D eigenvalue weighted by Gasteiger charge is -2.29. The summed E-state index contributed by atoms with van der Waals surface area (Å²) in [5.41, 5.74) is 5.31. The maximum atomic E-state index is 11.7. The van der Waals surface area contributed by atoms with Crippen LogP contribution in [0, 0.1) is 0 Å². The summed E-state index contributed by atoms with van der Waals surface area (Å²) in [6.07, 6.45) is 2.45. The summed E-state index contributed by atoms with van der Waals surface area (Å²) in [6.45, 7) is 0. The molecule has 25 heavy (non-hydrogen) atoms. The van der Waals surface area contributed by atoms with Crippen LogP contribution in [0.25, 0.3) is 21.8 Å². The third-order valence-corrected chi connectivity index (χ3v) is 5.14. The third-order valence-electron chi connectivity index (χ3n) is 5.14. The van der Waals surface area contributed by atoms with Gasteiger partial charge in [-0.05, 0) is 17.7 Å². The molecule has 0 aliphatic carbocycles. The Morgan fingerprint density at radius 2 is 1.72 bits per heavy atom. The maximum absolute atomic E-state index is 11.7. The van der Waals surface area contributed by atoms with E-state index in [0.29, 0.717) is 6.42 Å². The van der Waals surface area contributed by atoms with Gasteiger partial charge in [0.15, 0.2) is 0 Å². The fourth-order valence-corrected chi connectivity index (χ4v) is 3.97. The molecule has 5 rings (SSSR count). The van der Waals surface area contributed by atoms with Crippen LogP contribution in [-0.2, 0) is 11.2 Å². The lowest BCUT2D eigenvalue weighted by molar-refractivity contribution is -0.139. The molecule has 5 nitrogen and oxygen atoms in total. The summed E-state index contributed by atoms with van der Waals surface area (Å²) in [6, 6.07) is 15.4. The molecule has 0 amide bonds. The molecule has 5 heteroatoms. The molecule has 3 heterocycles. The van der Waals surface area contributed by atoms with Crippen LogP contribution in [0.3, 0.4) is 0 Å². The highest BCUT2D eigenvalue weighted by atomic mass is 16.4. The van der Waals surface area contributed by atoms with Crippen molar-refractivity contribution in [2.24, 2.45) is 0 Å². The van der Waals surface area contributed by atoms with E-state index >= 15 is 0 Å². The smallest absolute Gasteiger partial charge is 0.321 e. The molecule has 0 saturated carbocycles. The van der Waals surface area contributed by atoms with Crippen molar-refractivity contribution in [1.82, 2.24) is 15.3 Å². The number of nitrogens with one attached hydrogen (secondary N) is 3. The van der Waals surface area contributed by atoms with Crippen molar-refractivity contribution >= 4 is 27.8 Å². The first-order valence-corrected chi connectivity index (χ1v) is 8.36. The standard InChI is InChI=1S/C20H17N3O2/c24-20(25)17-9-13-11-5-2-4-8-16(11)22-18(13)19(23-17)14-10-21-15-7-3-1-6-12(14)15/h1-8,10,17,19,21-23H,9H2,(H,24,25)/t17-,19-/m0/s1. The second-order valence-electron chi connectivity index (χ2n) is 6.55. The van der Waals surface area contributed by atoms with Crippen molar-refractivity contribution in [2.75, 3.05) is 0 Å². The second kappa shape index (κ2) is 5.22. The highest BCUT2D eigenvalue weighted by Crippen LogP contribution is 2.37. The summed E-state index contributed by atoms with van der Waals surface area (Å²) < 4.78 is 0. The number of para-hydroxylation sites is 2. The predicted octanol–water partition coefficient (Wildman–Crippen LogP) is 3.34. The Kier molecular flexibility index (Phi) is 2.99. The van der Waals surface area contributed by atoms with Crippen molar-refractivity contribution in [3.63, 3.8) is 0 Å². The lowest BCUT2D eigenvalue weighted by atomic mass is 9.90. The Bertz CT molecular complexity index is 1110. The van der Waals surface area contributed by atoms with Gasteiger partial charge in [0, 0.05) is 45.7 Å². The van der Waals surface area contributed by atoms with Gasteiger partial charge in [-0.3, -0.25) is 10.1 Å². The van der Waals surface area contributed by atoms with Crippen LogP contribution in [0.5, 0.6) is 0 Å². The van der Waals surface area contributed by atoms with Gasteiger partial charge >= 0.3 is 5.97 Å². The molecule has 0 unspecified atom stereocenters. The molecule has 0 saturated heterocycles. The zero-order valence-corrected chi connectivity index (χ0v) is 13.4. The highest BCUT2D eigenvalue weighted by Gasteiger charge is 2.34. The number of carboxylic acid groups (broad SMARTS) is 1. The molecular formula is C20H17N3O2. The molecule has 2 aromatic heterocycles. The van der Waals surface area contributed by atoms with Gasteiger partial charge in [-0.1, -0.05) is 36.4 Å². The van der Waals surface area contributed by atoms with Gasteiger partial charge in [0.25, 0.3) is 0 Å². The van der Waals surface area contributed by atoms with Gasteiger partial charge in [-0.15, -0.1) is 0 Å². The number of aromatic nitrogens is 2. The van der Waals surface area contributed by atoms with Gasteiger partial charge in [0.1, 0.15) is 6.04 Å². The van der Waals surface area contributed by atoms with Crippen LogP contribution in [-0.4, -0.2) is 27.1 Å². The minimum absolute atomic E-state index is 0.187. The Balaban J connectivity index is 1.75. The fraction of sp³-hybridized carbons (Fsp3) is 0.150. The van der Waals surface area contributed by atoms with Crippen LogP contribution in [0.4, 0.5) is 0 Å². The van der Waals surface area contributed by atoms with Crippen LogP contribution in [0.15, 0.2) is 54.7 Å². The summed E-state index contributed by atoms with van der Waals surface area (Å²) in [5.74, 6) is -0.819. The number of aromatic amines is 2. The molecule has 2 aromatic carbocycles. The Morgan fingerprint density at radius 3 is 2.52 bits per heavy atom. The predicted molar refractivity (Wildman–Crippen MR) is 96.7 cm³/mol. The summed E-state index contributed by atoms with van der Waals surface area (Å²) in [5, 5.41) is 15.1. The van der Waals surface area contributed by atoms with Gasteiger partial charge < -0.3 is 15.1 Å². The molecule has 1 aliphatic heterocycles. The molecule has 0 bridgehead atoms. The van der Waals surface area contributed by atoms with E-state index in [1.165, 1.54) is 0 Å². The minimum atomic E-state index is -0.819. The van der Waals surface area contributed by atoms with Crippen LogP contribution in [0.1, 0.15) is 22.9 Å². The molecule has 4 N–H and O–H groups in total. The van der Waals surface area contributed by atoms with Crippen molar-refractivity contribution in [3.8, 4) is 0 Å². The first-order chi connectivity index (χ1) is 12.2. The number of H-pyrrole nitrogens is 2. The zero-order chi connectivity index (χ0) is 17.0. The van der Waals surface area contributed by atoms with E-state index < -0.39 is 12.0 Å². The van der Waals surface area contributed by atoms with Gasteiger partial charge in [0.05, 0.1) is 6.04 Å². The van der Waals surface area contributed by atoms with E-state index in [-0.39, 0.29) is 6.04 Å². The van der Waals surface area contributed by atoms with E-state index in [2.05, 4.69) is 27.4 Å². The summed E-state index contributed by atoms with van der Waals surface area (Å²) >= 11 is 0. The van der Waals surface area contributed by atoms with E-state index in [1.54, 1.807) is 0 Å². The topological polar surface area (TPSA) is 80.9 Å². The zero-order valence-electron chi connectivity index (χ0n) is 13.4. The molecule has 0 spiro atoms. The monoisotopic (exact) mass is 331 g/mol. The fourth-order valence-electron chi connectivity index (χ4n) is 3.97. The molecule has 0 fully saturated rings. The number of hydrogen-bond acceptors (Lipinski definition) is 2. The number of hydrogen-bond donors (Lipinski definition) is 4. The molecular weight excluding hydrogens is 314 g/mol. The largest absolute Gasteiger partial charge is 0.480 e. The van der Waals surface area contributed by atoms with Crippen molar-refractivity contribution < 1.29 is 9.90 Å². The second-order valence-corrected chi connectivity index (χ2v) is 6.55. The Hall–Kier alpha value is -3.05. The van der Waals surface area contributed by atoms with Gasteiger partial charge in [0.2, 0.25) is 0 Å². The number of rotatable bonds is 2. The Labute approximate surface area is 143 Å². The van der Waals surface area contributed by atoms with E-state index in [1.807, 2.05) is 42.6 Å². The third kappa shape index (κ3) is 2.09. The number of carbonyl (C=O) groups is 1. The number of benzene rings is 2. The molecule has 2 atom stereocenters. The average Bonchev–Trinajstić information content (AvgIpc) is 3.22. The number of carboxylic acids is 1. The minimum Gasteiger partial charge on any atom is -0.480 e. The quantitative estimate of drug-likeness (QED) is 0.455. The van der Waals surface area contributed by atoms with Crippen molar-refractivity contribution in [1.29, 1.82) is 0 Å². The van der Waals surface area contributed by atoms with Crippen LogP contribution < -0.4 is 5.32 Å². The summed E-state index contributed by atoms with van der Waals surface area (Å²) in [4.78, 5) is 18.5. The SMILES string of the molecule is O=C(O)[C@@H]1Cc2c([nH]c3ccccc23)[C@H](c2c[nH]c3ccccc23)N1. The maximum Gasteiger partial charge on any atom is 0.321 e. The number of fused-ring (bicyclic) bond motifs is 4. The normalized spacial score (nSPS) is 20.0. The van der Waals surface area contributed by atoms with Gasteiger partial charge in [-0.25, -0.2) is 0 Å². The Morgan fingerprint density at radius 1 is 1.00 bits per heavy atom. The van der Waals surface area contributed by atoms with Crippen molar-refractivity contribution in [2.45, 2.75) is 18.5 Å².